The molecule has 0 aliphatic rings. The van der Waals surface area contributed by atoms with Crippen molar-refractivity contribution in [2.24, 2.45) is 0 Å². The first-order valence-corrected chi connectivity index (χ1v) is 4.47. The van der Waals surface area contributed by atoms with Crippen LogP contribution in [0.15, 0.2) is 41.8 Å². The lowest BCUT2D eigenvalue weighted by Crippen LogP contribution is -2.19. The molecule has 0 bridgehead atoms. The van der Waals surface area contributed by atoms with Crippen molar-refractivity contribution in [2.75, 3.05) is 0 Å². The highest BCUT2D eigenvalue weighted by molar-refractivity contribution is 7.83. The summed E-state index contributed by atoms with van der Waals surface area (Å²) in [4.78, 5) is 11.0. The molecule has 1 aromatic carbocycles. The van der Waals surface area contributed by atoms with Gasteiger partial charge in [-0.25, -0.2) is 0 Å². The molecule has 0 radical (unpaired) electrons. The van der Waals surface area contributed by atoms with Crippen LogP contribution in [0.2, 0.25) is 0 Å². The van der Waals surface area contributed by atoms with Gasteiger partial charge in [0.1, 0.15) is 0 Å². The Hall–Kier alpha value is -1.22. The lowest BCUT2D eigenvalue weighted by Gasteiger charge is -2.00. The van der Waals surface area contributed by atoms with Crippen molar-refractivity contribution in [3.05, 3.63) is 47.4 Å². The molecule has 3 heteroatoms. The SMILES string of the molecule is O=C(/C=C\S)NCc1ccccc1. The number of thiol groups is 1. The summed E-state index contributed by atoms with van der Waals surface area (Å²) in [6.07, 6.45) is 1.38. The number of carbonyl (C=O) groups excluding carboxylic acids is 1. The van der Waals surface area contributed by atoms with Gasteiger partial charge in [-0.1, -0.05) is 30.3 Å². The van der Waals surface area contributed by atoms with Crippen LogP contribution < -0.4 is 5.32 Å². The number of rotatable bonds is 3. The summed E-state index contributed by atoms with van der Waals surface area (Å²) in [5.74, 6) is -0.126. The Bertz CT molecular complexity index is 295. The first-order chi connectivity index (χ1) is 6.33. The molecule has 1 N–H and O–H groups in total. The van der Waals surface area contributed by atoms with Gasteiger partial charge in [0.25, 0.3) is 0 Å². The number of hydrogen-bond acceptors (Lipinski definition) is 2. The quantitative estimate of drug-likeness (QED) is 0.555. The van der Waals surface area contributed by atoms with Crippen LogP contribution in [0.1, 0.15) is 5.56 Å². The molecule has 1 rings (SSSR count). The summed E-state index contributed by atoms with van der Waals surface area (Å²) in [7, 11) is 0. The Labute approximate surface area is 83.1 Å². The van der Waals surface area contributed by atoms with E-state index in [0.29, 0.717) is 6.54 Å². The Kier molecular flexibility index (Phi) is 4.12. The van der Waals surface area contributed by atoms with E-state index in [9.17, 15) is 4.79 Å². The lowest BCUT2D eigenvalue weighted by molar-refractivity contribution is -0.116. The van der Waals surface area contributed by atoms with Crippen LogP contribution in [0.25, 0.3) is 0 Å². The smallest absolute Gasteiger partial charge is 0.244 e. The van der Waals surface area contributed by atoms with Gasteiger partial charge in [0.15, 0.2) is 0 Å². The van der Waals surface area contributed by atoms with Crippen molar-refractivity contribution in [2.45, 2.75) is 6.54 Å². The zero-order chi connectivity index (χ0) is 9.52. The van der Waals surface area contributed by atoms with Gasteiger partial charge in [0.05, 0.1) is 0 Å². The molecule has 1 aromatic rings. The molecule has 0 heterocycles. The molecule has 0 aliphatic carbocycles. The number of amides is 1. The number of nitrogens with one attached hydrogen (secondary N) is 1. The second kappa shape index (κ2) is 5.43. The van der Waals surface area contributed by atoms with Crippen LogP contribution in [0.3, 0.4) is 0 Å². The van der Waals surface area contributed by atoms with E-state index in [-0.39, 0.29) is 5.91 Å². The van der Waals surface area contributed by atoms with Crippen molar-refractivity contribution in [3.63, 3.8) is 0 Å². The molecule has 0 unspecified atom stereocenters. The third kappa shape index (κ3) is 3.80. The predicted octanol–water partition coefficient (Wildman–Crippen LogP) is 1.75. The molecule has 13 heavy (non-hydrogen) atoms. The number of hydrogen-bond donors (Lipinski definition) is 2. The first kappa shape index (κ1) is 9.86. The molecular formula is C10H11NOS. The minimum absolute atomic E-state index is 0.126. The molecule has 0 spiro atoms. The van der Waals surface area contributed by atoms with E-state index in [1.807, 2.05) is 30.3 Å². The Balaban J connectivity index is 2.40. The molecule has 0 aliphatic heterocycles. The molecule has 68 valence electrons. The molecule has 0 atom stereocenters. The normalized spacial score (nSPS) is 10.2. The zero-order valence-corrected chi connectivity index (χ0v) is 8.00. The Morgan fingerprint density at radius 3 is 2.69 bits per heavy atom. The van der Waals surface area contributed by atoms with E-state index in [4.69, 9.17) is 0 Å². The Morgan fingerprint density at radius 2 is 2.08 bits per heavy atom. The summed E-state index contributed by atoms with van der Waals surface area (Å²) in [5, 5.41) is 4.14. The minimum Gasteiger partial charge on any atom is -0.348 e. The van der Waals surface area contributed by atoms with Gasteiger partial charge in [-0.2, -0.15) is 12.6 Å². The molecule has 0 saturated heterocycles. The van der Waals surface area contributed by atoms with Crippen molar-refractivity contribution in [1.29, 1.82) is 0 Å². The van der Waals surface area contributed by atoms with Gasteiger partial charge in [-0.15, -0.1) is 0 Å². The van der Waals surface area contributed by atoms with Crippen molar-refractivity contribution < 1.29 is 4.79 Å². The molecule has 2 nitrogen and oxygen atoms in total. The third-order valence-electron chi connectivity index (χ3n) is 1.54. The van der Waals surface area contributed by atoms with E-state index >= 15 is 0 Å². The van der Waals surface area contributed by atoms with Crippen molar-refractivity contribution in [3.8, 4) is 0 Å². The van der Waals surface area contributed by atoms with Crippen LogP contribution in [0.5, 0.6) is 0 Å². The molecule has 1 amide bonds. The van der Waals surface area contributed by atoms with Gasteiger partial charge in [0, 0.05) is 12.6 Å². The average molecular weight is 193 g/mol. The van der Waals surface area contributed by atoms with Gasteiger partial charge >= 0.3 is 0 Å². The zero-order valence-electron chi connectivity index (χ0n) is 7.10. The summed E-state index contributed by atoms with van der Waals surface area (Å²) in [6.45, 7) is 0.553. The average Bonchev–Trinajstić information content (AvgIpc) is 2.17. The van der Waals surface area contributed by atoms with E-state index in [0.717, 1.165) is 5.56 Å². The molecule has 0 saturated carbocycles. The first-order valence-electron chi connectivity index (χ1n) is 3.95. The highest BCUT2D eigenvalue weighted by Gasteiger charge is 1.94. The topological polar surface area (TPSA) is 29.1 Å². The summed E-state index contributed by atoms with van der Waals surface area (Å²) in [6, 6.07) is 9.75. The third-order valence-corrected chi connectivity index (χ3v) is 1.68. The fraction of sp³-hybridized carbons (Fsp3) is 0.100. The standard InChI is InChI=1S/C10H11NOS/c12-10(6-7-13)11-8-9-4-2-1-3-5-9/h1-7,13H,8H2,(H,11,12)/b7-6-. The van der Waals surface area contributed by atoms with Crippen LogP contribution in [0, 0.1) is 0 Å². The monoisotopic (exact) mass is 193 g/mol. The number of carbonyl (C=O) groups is 1. The Morgan fingerprint density at radius 1 is 1.38 bits per heavy atom. The number of benzene rings is 1. The maximum atomic E-state index is 11.0. The summed E-state index contributed by atoms with van der Waals surface area (Å²) < 4.78 is 0. The second-order valence-electron chi connectivity index (χ2n) is 2.52. The summed E-state index contributed by atoms with van der Waals surface area (Å²) in [5.41, 5.74) is 1.09. The highest BCUT2D eigenvalue weighted by Crippen LogP contribution is 1.96. The fourth-order valence-corrected chi connectivity index (χ4v) is 1.05. The van der Waals surface area contributed by atoms with Gasteiger partial charge in [-0.3, -0.25) is 4.79 Å². The fourth-order valence-electron chi connectivity index (χ4n) is 0.912. The van der Waals surface area contributed by atoms with Crippen molar-refractivity contribution in [1.82, 2.24) is 5.32 Å². The maximum Gasteiger partial charge on any atom is 0.244 e. The van der Waals surface area contributed by atoms with Crippen LogP contribution >= 0.6 is 12.6 Å². The van der Waals surface area contributed by atoms with E-state index < -0.39 is 0 Å². The molecule has 0 aromatic heterocycles. The van der Waals surface area contributed by atoms with Crippen LogP contribution in [-0.2, 0) is 11.3 Å². The maximum absolute atomic E-state index is 11.0. The van der Waals surface area contributed by atoms with Crippen molar-refractivity contribution >= 4 is 18.5 Å². The van der Waals surface area contributed by atoms with E-state index in [2.05, 4.69) is 17.9 Å². The van der Waals surface area contributed by atoms with Gasteiger partial charge in [-0.05, 0) is 11.0 Å². The summed E-state index contributed by atoms with van der Waals surface area (Å²) >= 11 is 3.80. The van der Waals surface area contributed by atoms with E-state index in [1.54, 1.807) is 0 Å². The molecular weight excluding hydrogens is 182 g/mol. The second-order valence-corrected chi connectivity index (χ2v) is 2.82. The minimum atomic E-state index is -0.126. The van der Waals surface area contributed by atoms with Gasteiger partial charge in [0.2, 0.25) is 5.91 Å². The van der Waals surface area contributed by atoms with Crippen LogP contribution in [-0.4, -0.2) is 5.91 Å². The molecule has 0 fully saturated rings. The lowest BCUT2D eigenvalue weighted by atomic mass is 10.2. The van der Waals surface area contributed by atoms with Gasteiger partial charge < -0.3 is 5.32 Å². The van der Waals surface area contributed by atoms with E-state index in [1.165, 1.54) is 11.5 Å². The largest absolute Gasteiger partial charge is 0.348 e. The van der Waals surface area contributed by atoms with Crippen LogP contribution in [0.4, 0.5) is 0 Å². The predicted molar refractivity (Wildman–Crippen MR) is 56.4 cm³/mol. The highest BCUT2D eigenvalue weighted by atomic mass is 32.1.